The lowest BCUT2D eigenvalue weighted by molar-refractivity contribution is -0.169. The smallest absolute Gasteiger partial charge is 0.326 e. The maximum absolute atomic E-state index is 12.9. The van der Waals surface area contributed by atoms with E-state index >= 15 is 0 Å². The molecule has 0 radical (unpaired) electrons. The van der Waals surface area contributed by atoms with Crippen LogP contribution in [0.4, 0.5) is 0 Å². The van der Waals surface area contributed by atoms with Crippen molar-refractivity contribution < 1.29 is 9.90 Å². The van der Waals surface area contributed by atoms with Gasteiger partial charge >= 0.3 is 11.7 Å². The minimum Gasteiger partial charge on any atom is -0.481 e. The molecule has 0 saturated heterocycles. The van der Waals surface area contributed by atoms with Crippen molar-refractivity contribution in [3.8, 4) is 0 Å². The predicted molar refractivity (Wildman–Crippen MR) is 94.9 cm³/mol. The number of aliphatic carboxylic acids is 1. The van der Waals surface area contributed by atoms with Gasteiger partial charge in [-0.15, -0.1) is 0 Å². The Morgan fingerprint density at radius 1 is 1.27 bits per heavy atom. The zero-order valence-electron chi connectivity index (χ0n) is 14.2. The number of imidazole rings is 1. The maximum atomic E-state index is 12.9. The molecule has 0 aliphatic heterocycles. The third kappa shape index (κ3) is 1.66. The standard InChI is InChI=1S/C19H20N4O3/c24-17(25)19-5-9-3-10(6-19)14(11(4-9)7-19)23-15-12-1-2-20-16(12)21-8-13(15)22-18(23)26/h1-2,8-11,14H,3-7H2,(H,20,21)(H,22,26)(H,24,25). The van der Waals surface area contributed by atoms with Crippen molar-refractivity contribution in [1.29, 1.82) is 0 Å². The molecule has 4 saturated carbocycles. The van der Waals surface area contributed by atoms with E-state index in [1.807, 2.05) is 16.8 Å². The van der Waals surface area contributed by atoms with E-state index < -0.39 is 11.4 Å². The van der Waals surface area contributed by atoms with Crippen LogP contribution in [0.1, 0.15) is 38.1 Å². The van der Waals surface area contributed by atoms with Gasteiger partial charge in [-0.05, 0) is 55.9 Å². The molecule has 3 aromatic heterocycles. The quantitative estimate of drug-likeness (QED) is 0.659. The molecule has 0 amide bonds. The number of fused-ring (bicyclic) bond motifs is 3. The molecule has 3 aromatic rings. The van der Waals surface area contributed by atoms with E-state index in [9.17, 15) is 14.7 Å². The van der Waals surface area contributed by atoms with Crippen LogP contribution in [0.2, 0.25) is 0 Å². The molecule has 2 unspecified atom stereocenters. The van der Waals surface area contributed by atoms with Gasteiger partial charge in [0.15, 0.2) is 0 Å². The fourth-order valence-electron chi connectivity index (χ4n) is 6.59. The maximum Gasteiger partial charge on any atom is 0.326 e. The van der Waals surface area contributed by atoms with Crippen LogP contribution < -0.4 is 5.69 Å². The Balaban J connectivity index is 1.57. The Kier molecular flexibility index (Phi) is 2.57. The van der Waals surface area contributed by atoms with Crippen LogP contribution in [0.3, 0.4) is 0 Å². The molecule has 4 aliphatic carbocycles. The van der Waals surface area contributed by atoms with E-state index in [1.165, 1.54) is 0 Å². The summed E-state index contributed by atoms with van der Waals surface area (Å²) in [4.78, 5) is 35.3. The molecule has 26 heavy (non-hydrogen) atoms. The lowest BCUT2D eigenvalue weighted by atomic mass is 9.48. The molecule has 7 heteroatoms. The first kappa shape index (κ1) is 14.6. The molecule has 7 nitrogen and oxygen atoms in total. The molecule has 134 valence electrons. The zero-order valence-corrected chi connectivity index (χ0v) is 14.2. The monoisotopic (exact) mass is 352 g/mol. The van der Waals surface area contributed by atoms with Crippen LogP contribution in [0.5, 0.6) is 0 Å². The summed E-state index contributed by atoms with van der Waals surface area (Å²) in [6, 6.07) is 2.05. The molecule has 0 aromatic carbocycles. The van der Waals surface area contributed by atoms with Gasteiger partial charge in [-0.25, -0.2) is 9.78 Å². The second-order valence-electron chi connectivity index (χ2n) is 8.61. The Labute approximate surface area is 148 Å². The summed E-state index contributed by atoms with van der Waals surface area (Å²) in [5.41, 5.74) is 1.77. The molecule has 4 fully saturated rings. The van der Waals surface area contributed by atoms with E-state index in [0.29, 0.717) is 18.8 Å². The Morgan fingerprint density at radius 2 is 2.04 bits per heavy atom. The number of carboxylic acid groups (broad SMARTS) is 1. The van der Waals surface area contributed by atoms with Crippen LogP contribution in [0.25, 0.3) is 22.1 Å². The number of hydrogen-bond acceptors (Lipinski definition) is 3. The number of nitrogens with zero attached hydrogens (tertiary/aromatic N) is 2. The number of aromatic nitrogens is 4. The third-order valence-corrected chi connectivity index (χ3v) is 7.23. The highest BCUT2D eigenvalue weighted by Gasteiger charge is 2.59. The molecule has 0 spiro atoms. The second-order valence-corrected chi connectivity index (χ2v) is 8.61. The van der Waals surface area contributed by atoms with E-state index in [-0.39, 0.29) is 23.6 Å². The first-order valence-electron chi connectivity index (χ1n) is 9.35. The third-order valence-electron chi connectivity index (χ3n) is 7.23. The molecule has 4 aliphatic rings. The molecule has 2 atom stereocenters. The van der Waals surface area contributed by atoms with Gasteiger partial charge < -0.3 is 15.1 Å². The number of hydrogen-bond donors (Lipinski definition) is 3. The average molecular weight is 352 g/mol. The minimum absolute atomic E-state index is 0.0841. The molecule has 3 heterocycles. The van der Waals surface area contributed by atoms with Crippen LogP contribution in [-0.2, 0) is 4.79 Å². The number of carbonyl (C=O) groups is 1. The first-order valence-corrected chi connectivity index (χ1v) is 9.35. The Bertz CT molecular complexity index is 1110. The zero-order chi connectivity index (χ0) is 17.6. The molecule has 7 rings (SSSR count). The fraction of sp³-hybridized carbons (Fsp3) is 0.526. The summed E-state index contributed by atoms with van der Waals surface area (Å²) >= 11 is 0. The number of H-pyrrole nitrogens is 2. The summed E-state index contributed by atoms with van der Waals surface area (Å²) < 4.78 is 1.93. The van der Waals surface area contributed by atoms with Crippen molar-refractivity contribution in [2.75, 3.05) is 0 Å². The van der Waals surface area contributed by atoms with E-state index in [0.717, 1.165) is 41.3 Å². The SMILES string of the molecule is O=C(O)C12CC3CC(C1)C(n1c(=O)[nH]c4cnc5[nH]ccc5c41)C(C3)C2. The van der Waals surface area contributed by atoms with E-state index in [2.05, 4.69) is 15.0 Å². The van der Waals surface area contributed by atoms with Gasteiger partial charge in [0, 0.05) is 17.6 Å². The first-order chi connectivity index (χ1) is 12.6. The summed E-state index contributed by atoms with van der Waals surface area (Å²) in [6.45, 7) is 0. The van der Waals surface area contributed by atoms with Crippen molar-refractivity contribution in [3.05, 3.63) is 28.9 Å². The normalized spacial score (nSPS) is 35.5. The van der Waals surface area contributed by atoms with Crippen LogP contribution in [0, 0.1) is 23.2 Å². The van der Waals surface area contributed by atoms with Crippen molar-refractivity contribution in [3.63, 3.8) is 0 Å². The van der Waals surface area contributed by atoms with Gasteiger partial charge in [-0.1, -0.05) is 0 Å². The van der Waals surface area contributed by atoms with Crippen molar-refractivity contribution >= 4 is 28.0 Å². The second kappa shape index (κ2) is 4.58. The predicted octanol–water partition coefficient (Wildman–Crippen LogP) is 2.66. The summed E-state index contributed by atoms with van der Waals surface area (Å²) in [5.74, 6) is 0.376. The number of nitrogens with one attached hydrogen (secondary N) is 2. The fourth-order valence-corrected chi connectivity index (χ4v) is 6.59. The van der Waals surface area contributed by atoms with Crippen molar-refractivity contribution in [1.82, 2.24) is 19.5 Å². The largest absolute Gasteiger partial charge is 0.481 e. The average Bonchev–Trinajstić information content (AvgIpc) is 3.18. The number of pyridine rings is 1. The lowest BCUT2D eigenvalue weighted by Crippen LogP contribution is -2.55. The number of aromatic amines is 2. The van der Waals surface area contributed by atoms with Gasteiger partial charge in [0.05, 0.1) is 22.6 Å². The van der Waals surface area contributed by atoms with Crippen LogP contribution in [0.15, 0.2) is 23.3 Å². The number of rotatable bonds is 2. The van der Waals surface area contributed by atoms with E-state index in [1.54, 1.807) is 6.20 Å². The Hall–Kier alpha value is -2.57. The molecular weight excluding hydrogens is 332 g/mol. The van der Waals surface area contributed by atoms with Crippen LogP contribution in [-0.4, -0.2) is 30.6 Å². The summed E-state index contributed by atoms with van der Waals surface area (Å²) in [7, 11) is 0. The summed E-state index contributed by atoms with van der Waals surface area (Å²) in [5, 5.41) is 10.8. The van der Waals surface area contributed by atoms with Gasteiger partial charge in [-0.2, -0.15) is 0 Å². The van der Waals surface area contributed by atoms with E-state index in [4.69, 9.17) is 0 Å². The Morgan fingerprint density at radius 3 is 2.77 bits per heavy atom. The molecular formula is C19H20N4O3. The highest BCUT2D eigenvalue weighted by Crippen LogP contribution is 2.63. The topological polar surface area (TPSA) is 104 Å². The molecule has 4 bridgehead atoms. The van der Waals surface area contributed by atoms with Crippen LogP contribution >= 0.6 is 0 Å². The minimum atomic E-state index is -0.640. The van der Waals surface area contributed by atoms with Gasteiger partial charge in [-0.3, -0.25) is 9.36 Å². The highest BCUT2D eigenvalue weighted by molar-refractivity contribution is 6.01. The van der Waals surface area contributed by atoms with Gasteiger partial charge in [0.25, 0.3) is 0 Å². The lowest BCUT2D eigenvalue weighted by Gasteiger charge is -2.58. The highest BCUT2D eigenvalue weighted by atomic mass is 16.4. The van der Waals surface area contributed by atoms with Crippen molar-refractivity contribution in [2.24, 2.45) is 23.2 Å². The van der Waals surface area contributed by atoms with Crippen molar-refractivity contribution in [2.45, 2.75) is 38.1 Å². The number of carboxylic acids is 1. The van der Waals surface area contributed by atoms with Gasteiger partial charge in [0.1, 0.15) is 5.65 Å². The summed E-state index contributed by atoms with van der Waals surface area (Å²) in [6.07, 6.45) is 7.83. The van der Waals surface area contributed by atoms with Gasteiger partial charge in [0.2, 0.25) is 0 Å². The molecule has 3 N–H and O–H groups in total.